The van der Waals surface area contributed by atoms with Crippen LogP contribution in [-0.2, 0) is 6.54 Å². The molecule has 5 nitrogen and oxygen atoms in total. The Balaban J connectivity index is 2.40. The van der Waals surface area contributed by atoms with Gasteiger partial charge in [0.2, 0.25) is 0 Å². The standard InChI is InChI=1S/C8H12N2O3S/c1-6(11)3-9-4-7-2-8(10(12)13)14-5-7/h2,5-6,9,11H,3-4H2,1H3. The van der Waals surface area contributed by atoms with Crippen molar-refractivity contribution >= 4 is 16.3 Å². The normalized spacial score (nSPS) is 12.7. The minimum atomic E-state index is -0.400. The monoisotopic (exact) mass is 216 g/mol. The number of hydrogen-bond acceptors (Lipinski definition) is 5. The summed E-state index contributed by atoms with van der Waals surface area (Å²) in [6.45, 7) is 2.72. The molecule has 78 valence electrons. The maximum Gasteiger partial charge on any atom is 0.324 e. The van der Waals surface area contributed by atoms with Crippen LogP contribution in [0.4, 0.5) is 5.00 Å². The van der Waals surface area contributed by atoms with Crippen LogP contribution in [0.15, 0.2) is 11.4 Å². The van der Waals surface area contributed by atoms with Gasteiger partial charge in [0.05, 0.1) is 11.0 Å². The summed E-state index contributed by atoms with van der Waals surface area (Å²) in [7, 11) is 0. The van der Waals surface area contributed by atoms with E-state index in [2.05, 4.69) is 5.32 Å². The Morgan fingerprint density at radius 2 is 2.50 bits per heavy atom. The second-order valence-corrected chi connectivity index (χ2v) is 3.92. The van der Waals surface area contributed by atoms with Crippen LogP contribution >= 0.6 is 11.3 Å². The van der Waals surface area contributed by atoms with E-state index in [0.29, 0.717) is 13.1 Å². The molecule has 1 unspecified atom stereocenters. The van der Waals surface area contributed by atoms with Gasteiger partial charge in [-0.3, -0.25) is 10.1 Å². The molecular weight excluding hydrogens is 204 g/mol. The summed E-state index contributed by atoms with van der Waals surface area (Å²) in [5, 5.41) is 24.2. The lowest BCUT2D eigenvalue weighted by molar-refractivity contribution is -0.380. The maximum atomic E-state index is 10.4. The van der Waals surface area contributed by atoms with E-state index in [-0.39, 0.29) is 5.00 Å². The van der Waals surface area contributed by atoms with Gasteiger partial charge >= 0.3 is 5.00 Å². The SMILES string of the molecule is CC(O)CNCc1csc([N+](=O)[O-])c1. The molecular formula is C8H12N2O3S. The first-order valence-corrected chi connectivity index (χ1v) is 5.08. The number of aliphatic hydroxyl groups excluding tert-OH is 1. The zero-order valence-electron chi connectivity index (χ0n) is 7.77. The highest BCUT2D eigenvalue weighted by atomic mass is 32.1. The number of rotatable bonds is 5. The zero-order valence-corrected chi connectivity index (χ0v) is 8.58. The number of hydrogen-bond donors (Lipinski definition) is 2. The van der Waals surface area contributed by atoms with Gasteiger partial charge in [0, 0.05) is 24.5 Å². The molecule has 0 aliphatic heterocycles. The molecule has 1 aromatic rings. The third kappa shape index (κ3) is 3.41. The number of thiophene rings is 1. The first-order valence-electron chi connectivity index (χ1n) is 4.20. The highest BCUT2D eigenvalue weighted by molar-refractivity contribution is 7.13. The van der Waals surface area contributed by atoms with Crippen LogP contribution in [-0.4, -0.2) is 22.7 Å². The van der Waals surface area contributed by atoms with E-state index >= 15 is 0 Å². The molecule has 0 saturated carbocycles. The third-order valence-electron chi connectivity index (χ3n) is 1.59. The molecule has 1 heterocycles. The predicted octanol–water partition coefficient (Wildman–Crippen LogP) is 1.13. The van der Waals surface area contributed by atoms with Gasteiger partial charge in [-0.2, -0.15) is 0 Å². The topological polar surface area (TPSA) is 75.4 Å². The highest BCUT2D eigenvalue weighted by Gasteiger charge is 2.08. The summed E-state index contributed by atoms with van der Waals surface area (Å²) >= 11 is 1.11. The first kappa shape index (κ1) is 11.1. The lowest BCUT2D eigenvalue weighted by atomic mass is 10.3. The third-order valence-corrected chi connectivity index (χ3v) is 2.52. The Kier molecular flexibility index (Phi) is 3.99. The molecule has 0 saturated heterocycles. The Hall–Kier alpha value is -0.980. The van der Waals surface area contributed by atoms with Crippen LogP contribution in [0.2, 0.25) is 0 Å². The summed E-state index contributed by atoms with van der Waals surface area (Å²) in [6, 6.07) is 1.54. The van der Waals surface area contributed by atoms with E-state index in [9.17, 15) is 10.1 Å². The summed E-state index contributed by atoms with van der Waals surface area (Å²) in [4.78, 5) is 9.95. The minimum absolute atomic E-state index is 0.152. The van der Waals surface area contributed by atoms with Crippen molar-refractivity contribution in [3.05, 3.63) is 27.1 Å². The van der Waals surface area contributed by atoms with E-state index in [4.69, 9.17) is 5.11 Å². The van der Waals surface area contributed by atoms with Crippen molar-refractivity contribution < 1.29 is 10.0 Å². The Bertz CT molecular complexity index is 311. The van der Waals surface area contributed by atoms with Gasteiger partial charge in [0.1, 0.15) is 0 Å². The minimum Gasteiger partial charge on any atom is -0.392 e. The molecule has 0 spiro atoms. The number of nitro groups is 1. The van der Waals surface area contributed by atoms with E-state index in [1.807, 2.05) is 0 Å². The van der Waals surface area contributed by atoms with Crippen LogP contribution in [0.1, 0.15) is 12.5 Å². The molecule has 0 aliphatic rings. The second kappa shape index (κ2) is 5.04. The smallest absolute Gasteiger partial charge is 0.324 e. The van der Waals surface area contributed by atoms with Crippen LogP contribution in [0.25, 0.3) is 0 Å². The summed E-state index contributed by atoms with van der Waals surface area (Å²) in [5.41, 5.74) is 0.877. The quantitative estimate of drug-likeness (QED) is 0.571. The van der Waals surface area contributed by atoms with Gasteiger partial charge < -0.3 is 10.4 Å². The number of aliphatic hydroxyl groups is 1. The van der Waals surface area contributed by atoms with Crippen molar-refractivity contribution in [1.29, 1.82) is 0 Å². The van der Waals surface area contributed by atoms with Gasteiger partial charge in [-0.1, -0.05) is 11.3 Å². The molecule has 1 aromatic heterocycles. The molecule has 0 amide bonds. The molecule has 0 bridgehead atoms. The van der Waals surface area contributed by atoms with E-state index in [1.54, 1.807) is 18.4 Å². The molecule has 0 aromatic carbocycles. The molecule has 0 aliphatic carbocycles. The van der Waals surface area contributed by atoms with E-state index < -0.39 is 11.0 Å². The molecule has 1 atom stereocenters. The Morgan fingerprint density at radius 1 is 1.79 bits per heavy atom. The van der Waals surface area contributed by atoms with Crippen LogP contribution < -0.4 is 5.32 Å². The van der Waals surface area contributed by atoms with Crippen molar-refractivity contribution in [2.75, 3.05) is 6.54 Å². The Morgan fingerprint density at radius 3 is 3.00 bits per heavy atom. The van der Waals surface area contributed by atoms with Gasteiger partial charge in [0.25, 0.3) is 0 Å². The van der Waals surface area contributed by atoms with Crippen LogP contribution in [0.5, 0.6) is 0 Å². The van der Waals surface area contributed by atoms with Gasteiger partial charge in [0.15, 0.2) is 0 Å². The molecule has 6 heteroatoms. The lowest BCUT2D eigenvalue weighted by Crippen LogP contribution is -2.23. The van der Waals surface area contributed by atoms with Crippen molar-refractivity contribution in [2.24, 2.45) is 0 Å². The molecule has 0 fully saturated rings. The van der Waals surface area contributed by atoms with Crippen molar-refractivity contribution in [3.8, 4) is 0 Å². The van der Waals surface area contributed by atoms with Crippen molar-refractivity contribution in [3.63, 3.8) is 0 Å². The zero-order chi connectivity index (χ0) is 10.6. The van der Waals surface area contributed by atoms with E-state index in [1.165, 1.54) is 0 Å². The fourth-order valence-electron chi connectivity index (χ4n) is 0.977. The predicted molar refractivity (Wildman–Crippen MR) is 54.4 cm³/mol. The molecule has 1 rings (SSSR count). The first-order chi connectivity index (χ1) is 6.59. The van der Waals surface area contributed by atoms with Crippen molar-refractivity contribution in [2.45, 2.75) is 19.6 Å². The fraction of sp³-hybridized carbons (Fsp3) is 0.500. The molecule has 14 heavy (non-hydrogen) atoms. The van der Waals surface area contributed by atoms with Crippen LogP contribution in [0.3, 0.4) is 0 Å². The Labute approximate surface area is 85.5 Å². The lowest BCUT2D eigenvalue weighted by Gasteiger charge is -2.04. The second-order valence-electron chi connectivity index (χ2n) is 3.03. The average molecular weight is 216 g/mol. The number of nitrogens with one attached hydrogen (secondary N) is 1. The van der Waals surface area contributed by atoms with Gasteiger partial charge in [-0.15, -0.1) is 0 Å². The summed E-state index contributed by atoms with van der Waals surface area (Å²) in [5.74, 6) is 0. The fourth-order valence-corrected chi connectivity index (χ4v) is 1.71. The van der Waals surface area contributed by atoms with Crippen LogP contribution in [0, 0.1) is 10.1 Å². The average Bonchev–Trinajstić information content (AvgIpc) is 2.52. The number of nitrogens with zero attached hydrogens (tertiary/aromatic N) is 1. The van der Waals surface area contributed by atoms with Gasteiger partial charge in [-0.25, -0.2) is 0 Å². The maximum absolute atomic E-state index is 10.4. The summed E-state index contributed by atoms with van der Waals surface area (Å²) in [6.07, 6.45) is -0.399. The van der Waals surface area contributed by atoms with Gasteiger partial charge in [-0.05, 0) is 12.5 Å². The largest absolute Gasteiger partial charge is 0.392 e. The highest BCUT2D eigenvalue weighted by Crippen LogP contribution is 2.22. The summed E-state index contributed by atoms with van der Waals surface area (Å²) < 4.78 is 0. The van der Waals surface area contributed by atoms with Crippen molar-refractivity contribution in [1.82, 2.24) is 5.32 Å². The van der Waals surface area contributed by atoms with E-state index in [0.717, 1.165) is 16.9 Å². The molecule has 0 radical (unpaired) electrons. The molecule has 2 N–H and O–H groups in total.